The zero-order valence-electron chi connectivity index (χ0n) is 16.4. The van der Waals surface area contributed by atoms with Crippen LogP contribution in [0, 0.1) is 5.92 Å². The van der Waals surface area contributed by atoms with Crippen LogP contribution in [0.2, 0.25) is 0 Å². The predicted molar refractivity (Wildman–Crippen MR) is 120 cm³/mol. The van der Waals surface area contributed by atoms with Crippen molar-refractivity contribution >= 4 is 40.0 Å². The van der Waals surface area contributed by atoms with Crippen molar-refractivity contribution < 1.29 is 8.42 Å². The normalized spacial score (nSPS) is 12.2. The van der Waals surface area contributed by atoms with Crippen LogP contribution in [0.15, 0.2) is 34.2 Å². The Morgan fingerprint density at radius 1 is 1.08 bits per heavy atom. The van der Waals surface area contributed by atoms with Gasteiger partial charge in [-0.15, -0.1) is 24.0 Å². The largest absolute Gasteiger partial charge is 0.357 e. The van der Waals surface area contributed by atoms with E-state index in [4.69, 9.17) is 0 Å². The van der Waals surface area contributed by atoms with Crippen LogP contribution < -0.4 is 10.6 Å². The third-order valence-corrected chi connectivity index (χ3v) is 6.01. The number of sulfonamides is 1. The molecule has 0 unspecified atom stereocenters. The van der Waals surface area contributed by atoms with Gasteiger partial charge in [0.1, 0.15) is 0 Å². The molecule has 0 radical (unpaired) electrons. The molecule has 0 amide bonds. The van der Waals surface area contributed by atoms with Crippen LogP contribution in [0.25, 0.3) is 0 Å². The number of nitrogens with one attached hydrogen (secondary N) is 2. The number of halogens is 1. The Balaban J connectivity index is 0.00000625. The molecule has 2 N–H and O–H groups in total. The Morgan fingerprint density at radius 3 is 2.12 bits per heavy atom. The first-order valence-corrected chi connectivity index (χ1v) is 10.3. The van der Waals surface area contributed by atoms with Gasteiger partial charge in [-0.2, -0.15) is 0 Å². The molecule has 0 aliphatic rings. The first-order chi connectivity index (χ1) is 11.8. The molecule has 0 spiro atoms. The van der Waals surface area contributed by atoms with Crippen molar-refractivity contribution in [3.8, 4) is 0 Å². The van der Waals surface area contributed by atoms with Crippen molar-refractivity contribution in [1.29, 1.82) is 0 Å². The second-order valence-electron chi connectivity index (χ2n) is 6.19. The van der Waals surface area contributed by atoms with Gasteiger partial charge in [0.25, 0.3) is 0 Å². The fraction of sp³-hybridized carbons (Fsp3) is 0.611. The average Bonchev–Trinajstić information content (AvgIpc) is 2.60. The summed E-state index contributed by atoms with van der Waals surface area (Å²) < 4.78 is 25.4. The zero-order chi connectivity index (χ0) is 18.9. The molecule has 150 valence electrons. The standard InChI is InChI=1S/C18H32N4O2S.HI/c1-6-15(7-2)13-20-18(19-8-3)21-14-16-9-11-17(12-10-16)25(23,24)22(4)5;/h9-12,15H,6-8,13-14H2,1-5H3,(H2,19,20,21);1H. The minimum absolute atomic E-state index is 0. The Hall–Kier alpha value is -0.870. The number of nitrogens with zero attached hydrogens (tertiary/aromatic N) is 2. The third kappa shape index (κ3) is 7.79. The van der Waals surface area contributed by atoms with Crippen LogP contribution in [-0.4, -0.2) is 45.9 Å². The van der Waals surface area contributed by atoms with E-state index in [1.807, 2.05) is 19.1 Å². The van der Waals surface area contributed by atoms with E-state index in [1.54, 1.807) is 12.1 Å². The summed E-state index contributed by atoms with van der Waals surface area (Å²) in [7, 11) is -0.326. The van der Waals surface area contributed by atoms with Crippen LogP contribution in [-0.2, 0) is 16.6 Å². The molecule has 0 aliphatic heterocycles. The van der Waals surface area contributed by atoms with Gasteiger partial charge in [0.05, 0.1) is 11.4 Å². The van der Waals surface area contributed by atoms with E-state index in [-0.39, 0.29) is 24.0 Å². The van der Waals surface area contributed by atoms with E-state index in [0.29, 0.717) is 17.4 Å². The van der Waals surface area contributed by atoms with Crippen molar-refractivity contribution in [3.05, 3.63) is 29.8 Å². The molecule has 26 heavy (non-hydrogen) atoms. The minimum Gasteiger partial charge on any atom is -0.357 e. The van der Waals surface area contributed by atoms with Gasteiger partial charge in [-0.05, 0) is 30.5 Å². The highest BCUT2D eigenvalue weighted by molar-refractivity contribution is 14.0. The summed E-state index contributed by atoms with van der Waals surface area (Å²) in [5, 5.41) is 6.62. The molecule has 1 rings (SSSR count). The highest BCUT2D eigenvalue weighted by atomic mass is 127. The monoisotopic (exact) mass is 496 g/mol. The lowest BCUT2D eigenvalue weighted by Gasteiger charge is -2.16. The maximum Gasteiger partial charge on any atom is 0.242 e. The maximum atomic E-state index is 12.1. The molecule has 0 aliphatic carbocycles. The van der Waals surface area contributed by atoms with E-state index in [1.165, 1.54) is 18.4 Å². The summed E-state index contributed by atoms with van der Waals surface area (Å²) in [5.74, 6) is 1.43. The minimum atomic E-state index is -3.38. The van der Waals surface area contributed by atoms with Gasteiger partial charge in [-0.25, -0.2) is 17.7 Å². The van der Waals surface area contributed by atoms with Gasteiger partial charge >= 0.3 is 0 Å². The van der Waals surface area contributed by atoms with Crippen LogP contribution in [0.1, 0.15) is 39.2 Å². The molecule has 0 fully saturated rings. The molecule has 8 heteroatoms. The SMILES string of the molecule is CCNC(=NCc1ccc(S(=O)(=O)N(C)C)cc1)NCC(CC)CC.I. The number of guanidine groups is 1. The lowest BCUT2D eigenvalue weighted by atomic mass is 10.0. The average molecular weight is 496 g/mol. The van der Waals surface area contributed by atoms with Crippen molar-refractivity contribution in [2.45, 2.75) is 45.1 Å². The Labute approximate surface area is 175 Å². The second-order valence-corrected chi connectivity index (χ2v) is 8.34. The number of aliphatic imine (C=N–C) groups is 1. The summed E-state index contributed by atoms with van der Waals surface area (Å²) >= 11 is 0. The molecule has 0 aromatic heterocycles. The summed E-state index contributed by atoms with van der Waals surface area (Å²) in [5.41, 5.74) is 0.970. The van der Waals surface area contributed by atoms with Crippen molar-refractivity contribution in [3.63, 3.8) is 0 Å². The summed E-state index contributed by atoms with van der Waals surface area (Å²) in [6, 6.07) is 6.88. The van der Waals surface area contributed by atoms with Crippen molar-refractivity contribution in [1.82, 2.24) is 14.9 Å². The second kappa shape index (κ2) is 12.5. The van der Waals surface area contributed by atoms with Gasteiger partial charge in [-0.1, -0.05) is 38.8 Å². The first kappa shape index (κ1) is 25.1. The van der Waals surface area contributed by atoms with Gasteiger partial charge in [-0.3, -0.25) is 0 Å². The molecule has 0 heterocycles. The molecule has 6 nitrogen and oxygen atoms in total. The summed E-state index contributed by atoms with van der Waals surface area (Å²) in [6.45, 7) is 8.63. The molecule has 0 atom stereocenters. The topological polar surface area (TPSA) is 73.8 Å². The number of benzene rings is 1. The molecule has 0 saturated carbocycles. The molecular weight excluding hydrogens is 463 g/mol. The van der Waals surface area contributed by atoms with Gasteiger partial charge in [0, 0.05) is 27.2 Å². The lowest BCUT2D eigenvalue weighted by molar-refractivity contribution is 0.481. The van der Waals surface area contributed by atoms with Gasteiger partial charge < -0.3 is 10.6 Å². The number of rotatable bonds is 9. The van der Waals surface area contributed by atoms with Crippen LogP contribution in [0.5, 0.6) is 0 Å². The first-order valence-electron chi connectivity index (χ1n) is 8.88. The summed E-state index contributed by atoms with van der Waals surface area (Å²) in [4.78, 5) is 4.88. The number of hydrogen-bond donors (Lipinski definition) is 2. The molecule has 1 aromatic rings. The van der Waals surface area contributed by atoms with E-state index in [9.17, 15) is 8.42 Å². The van der Waals surface area contributed by atoms with Gasteiger partial charge in [0.2, 0.25) is 10.0 Å². The Morgan fingerprint density at radius 2 is 1.65 bits per heavy atom. The highest BCUT2D eigenvalue weighted by Crippen LogP contribution is 2.14. The van der Waals surface area contributed by atoms with E-state index in [0.717, 1.165) is 37.5 Å². The summed E-state index contributed by atoms with van der Waals surface area (Å²) in [6.07, 6.45) is 2.29. The fourth-order valence-electron chi connectivity index (χ4n) is 2.31. The number of hydrogen-bond acceptors (Lipinski definition) is 3. The Bertz CT molecular complexity index is 642. The van der Waals surface area contributed by atoms with Gasteiger partial charge in [0.15, 0.2) is 5.96 Å². The molecule has 0 saturated heterocycles. The van der Waals surface area contributed by atoms with Crippen LogP contribution in [0.4, 0.5) is 0 Å². The molecular formula is C18H33IN4O2S. The Kier molecular flexibility index (Phi) is 12.1. The predicted octanol–water partition coefficient (Wildman–Crippen LogP) is 3.05. The lowest BCUT2D eigenvalue weighted by Crippen LogP contribution is -2.39. The highest BCUT2D eigenvalue weighted by Gasteiger charge is 2.16. The quantitative estimate of drug-likeness (QED) is 0.313. The zero-order valence-corrected chi connectivity index (χ0v) is 19.6. The molecule has 1 aromatic carbocycles. The van der Waals surface area contributed by atoms with Crippen LogP contribution in [0.3, 0.4) is 0 Å². The molecule has 0 bridgehead atoms. The van der Waals surface area contributed by atoms with E-state index in [2.05, 4.69) is 29.5 Å². The van der Waals surface area contributed by atoms with Crippen molar-refractivity contribution in [2.75, 3.05) is 27.2 Å². The van der Waals surface area contributed by atoms with Crippen LogP contribution >= 0.6 is 24.0 Å². The smallest absolute Gasteiger partial charge is 0.242 e. The van der Waals surface area contributed by atoms with E-state index >= 15 is 0 Å². The third-order valence-electron chi connectivity index (χ3n) is 4.18. The fourth-order valence-corrected chi connectivity index (χ4v) is 3.21. The van der Waals surface area contributed by atoms with Crippen molar-refractivity contribution in [2.24, 2.45) is 10.9 Å². The maximum absolute atomic E-state index is 12.1. The van der Waals surface area contributed by atoms with E-state index < -0.39 is 10.0 Å².